The second kappa shape index (κ2) is 18.6. The maximum atomic E-state index is 14.8. The summed E-state index contributed by atoms with van der Waals surface area (Å²) >= 11 is 0. The number of imidazole rings is 1. The predicted octanol–water partition coefficient (Wildman–Crippen LogP) is 1.61. The molecule has 386 valence electrons. The van der Waals surface area contributed by atoms with Crippen LogP contribution in [-0.2, 0) is 49.3 Å². The number of allylic oxidation sites excluding steroid dienone is 2. The van der Waals surface area contributed by atoms with Gasteiger partial charge in [0.05, 0.1) is 17.8 Å². The van der Waals surface area contributed by atoms with Crippen molar-refractivity contribution in [2.24, 2.45) is 56.0 Å². The summed E-state index contributed by atoms with van der Waals surface area (Å²) in [7, 11) is 0. The molecule has 1 aromatic rings. The summed E-state index contributed by atoms with van der Waals surface area (Å²) in [6, 6.07) is -0.851. The first-order chi connectivity index (χ1) is 32.0. The van der Waals surface area contributed by atoms with E-state index < -0.39 is 119 Å². The van der Waals surface area contributed by atoms with Crippen molar-refractivity contribution in [1.82, 2.24) is 9.97 Å². The van der Waals surface area contributed by atoms with Gasteiger partial charge < -0.3 is 75.6 Å². The molecule has 0 aromatic carbocycles. The fourth-order valence-corrected chi connectivity index (χ4v) is 14.1. The number of aliphatic hydroxyl groups is 5. The minimum Gasteiger partial charge on any atom is -0.481 e. The minimum absolute atomic E-state index is 0.0217. The Bertz CT molecular complexity index is 2170. The van der Waals surface area contributed by atoms with Gasteiger partial charge in [0.15, 0.2) is 30.6 Å². The molecular formula is C48H71N3O18. The number of H-pyrrole nitrogens is 1. The number of fused-ring (bicyclic) bond motifs is 7. The van der Waals surface area contributed by atoms with Crippen LogP contribution < -0.4 is 5.73 Å². The molecule has 12 N–H and O–H groups in total. The fourth-order valence-electron chi connectivity index (χ4n) is 14.1. The Hall–Kier alpha value is -3.90. The van der Waals surface area contributed by atoms with Crippen molar-refractivity contribution in [2.45, 2.75) is 186 Å². The van der Waals surface area contributed by atoms with Gasteiger partial charge in [-0.05, 0) is 110 Å². The topological polar surface area (TPSA) is 359 Å². The number of hydrogen-bond acceptors (Lipinski definition) is 16. The number of nitrogens with two attached hydrogens (primary N) is 1. The molecule has 0 bridgehead atoms. The van der Waals surface area contributed by atoms with Gasteiger partial charge in [-0.3, -0.25) is 14.4 Å². The third-order valence-electron chi connectivity index (χ3n) is 18.5. The molecule has 21 nitrogen and oxygen atoms in total. The average molecular weight is 978 g/mol. The number of hydrogen-bond donors (Lipinski definition) is 11. The molecule has 2 aliphatic heterocycles. The Morgan fingerprint density at radius 2 is 1.39 bits per heavy atom. The van der Waals surface area contributed by atoms with E-state index in [4.69, 9.17) is 29.8 Å². The van der Waals surface area contributed by atoms with E-state index >= 15 is 0 Å². The maximum absolute atomic E-state index is 14.8. The lowest BCUT2D eigenvalue weighted by molar-refractivity contribution is -0.371. The molecule has 1 unspecified atom stereocenters. The summed E-state index contributed by atoms with van der Waals surface area (Å²) < 4.78 is 23.4. The van der Waals surface area contributed by atoms with E-state index in [1.54, 1.807) is 6.20 Å². The number of carbonyl (C=O) groups excluding carboxylic acids is 1. The summed E-state index contributed by atoms with van der Waals surface area (Å²) in [4.78, 5) is 68.1. The lowest BCUT2D eigenvalue weighted by atomic mass is 9.33. The van der Waals surface area contributed by atoms with Gasteiger partial charge in [0, 0.05) is 24.2 Å². The SMILES string of the molecule is CC1(C)[C@@H](O[C@H]2O[C@H](C(=O)O)[C@@H](O)[C@H](O)[C@H]2O[C@@H]2O[C@H](C(=O)O)[C@@H](O)[C@H](O)[C@H]2O)CC[C@]2(C)[C@H]3C(=O)C=C4[C@@H]5C[C@@](C)(C(=O)O)CC[C@]5(C)CC[C@@]4(C)[C@]3(C)CC[C@@H]12.NC(Cc1cnc[nH]1)C(=O)O. The second-order valence-corrected chi connectivity index (χ2v) is 22.8. The van der Waals surface area contributed by atoms with Crippen molar-refractivity contribution < 1.29 is 88.9 Å². The second-order valence-electron chi connectivity index (χ2n) is 22.8. The molecule has 69 heavy (non-hydrogen) atoms. The first kappa shape index (κ1) is 52.9. The van der Waals surface area contributed by atoms with Crippen LogP contribution in [0.5, 0.6) is 0 Å². The number of nitrogens with one attached hydrogen (secondary N) is 1. The summed E-state index contributed by atoms with van der Waals surface area (Å²) in [6.07, 6.45) is -8.91. The molecule has 4 saturated carbocycles. The molecule has 5 aliphatic carbocycles. The van der Waals surface area contributed by atoms with Crippen LogP contribution in [0.15, 0.2) is 24.2 Å². The number of aliphatic hydroxyl groups excluding tert-OH is 5. The van der Waals surface area contributed by atoms with Crippen LogP contribution in [-0.4, -0.2) is 159 Å². The molecule has 20 atom stereocenters. The van der Waals surface area contributed by atoms with Crippen LogP contribution in [0.1, 0.15) is 112 Å². The van der Waals surface area contributed by atoms with Crippen LogP contribution in [0.25, 0.3) is 0 Å². The number of aromatic amines is 1. The standard InChI is InChI=1S/C42H62O16.C6H9N3O2/c1-37(2)21-8-11-42(7)31(20(43)16-18-19-17-39(4,36(53)54)13-12-38(19,3)14-15-41(18,42)6)40(21,5)10-9-22(37)55-35-30(26(47)25(46)29(57-35)33(51)52)58-34-27(48)23(44)24(45)28(56-34)32(49)50;7-5(6(10)11)1-4-2-8-3-9-4/h16,19,21-31,34-35,44-48H,8-15,17H2,1-7H3,(H,49,50)(H,51,52)(H,53,54);2-3,5H,1,7H2,(H,8,9)(H,10,11)/t19-,21-,22-,23-,24-,25-,26-,27+,28-,29-,30+,31+,34-,35-,38+,39-,40-,41+,42+;/m0./s1. The molecule has 6 fully saturated rings. The minimum atomic E-state index is -2.05. The van der Waals surface area contributed by atoms with Crippen molar-refractivity contribution in [2.75, 3.05) is 0 Å². The molecule has 0 amide bonds. The van der Waals surface area contributed by atoms with E-state index in [1.165, 1.54) is 6.33 Å². The Kier molecular flexibility index (Phi) is 14.3. The Morgan fingerprint density at radius 3 is 1.97 bits per heavy atom. The molecule has 3 heterocycles. The van der Waals surface area contributed by atoms with E-state index in [-0.39, 0.29) is 40.8 Å². The van der Waals surface area contributed by atoms with Crippen molar-refractivity contribution in [3.8, 4) is 0 Å². The van der Waals surface area contributed by atoms with Gasteiger partial charge in [-0.1, -0.05) is 47.1 Å². The maximum Gasteiger partial charge on any atom is 0.335 e. The van der Waals surface area contributed by atoms with Crippen LogP contribution >= 0.6 is 0 Å². The zero-order chi connectivity index (χ0) is 51.1. The van der Waals surface area contributed by atoms with Gasteiger partial charge in [-0.2, -0.15) is 0 Å². The van der Waals surface area contributed by atoms with Crippen molar-refractivity contribution in [1.29, 1.82) is 0 Å². The largest absolute Gasteiger partial charge is 0.481 e. The predicted molar refractivity (Wildman–Crippen MR) is 237 cm³/mol. The number of aromatic nitrogens is 2. The fraction of sp³-hybridized carbons (Fsp3) is 0.792. The first-order valence-electron chi connectivity index (χ1n) is 23.9. The van der Waals surface area contributed by atoms with Crippen molar-refractivity contribution in [3.63, 3.8) is 0 Å². The number of carboxylic acids is 4. The summed E-state index contributed by atoms with van der Waals surface area (Å²) in [5.74, 6) is -5.47. The normalized spacial score (nSPS) is 46.2. The van der Waals surface area contributed by atoms with Gasteiger partial charge in [-0.25, -0.2) is 14.6 Å². The molecule has 2 saturated heterocycles. The molecule has 1 aromatic heterocycles. The molecular weight excluding hydrogens is 907 g/mol. The lowest BCUT2D eigenvalue weighted by Crippen LogP contribution is -2.68. The molecule has 0 radical (unpaired) electrons. The van der Waals surface area contributed by atoms with Gasteiger partial charge in [0.2, 0.25) is 0 Å². The molecule has 8 rings (SSSR count). The van der Waals surface area contributed by atoms with Gasteiger partial charge in [0.1, 0.15) is 42.7 Å². The highest BCUT2D eigenvalue weighted by Gasteiger charge is 2.71. The summed E-state index contributed by atoms with van der Waals surface area (Å²) in [6.45, 7) is 14.8. The van der Waals surface area contributed by atoms with Crippen LogP contribution in [0, 0.1) is 50.2 Å². The first-order valence-corrected chi connectivity index (χ1v) is 23.9. The van der Waals surface area contributed by atoms with E-state index in [1.807, 2.05) is 26.8 Å². The van der Waals surface area contributed by atoms with Gasteiger partial charge in [-0.15, -0.1) is 0 Å². The number of carboxylic acid groups (broad SMARTS) is 4. The van der Waals surface area contributed by atoms with Crippen LogP contribution in [0.4, 0.5) is 0 Å². The highest BCUT2D eigenvalue weighted by Crippen LogP contribution is 2.75. The quantitative estimate of drug-likeness (QED) is 0.148. The zero-order valence-corrected chi connectivity index (χ0v) is 40.2. The van der Waals surface area contributed by atoms with Gasteiger partial charge in [0.25, 0.3) is 0 Å². The third kappa shape index (κ3) is 8.85. The Labute approximate surface area is 399 Å². The lowest BCUT2D eigenvalue weighted by Gasteiger charge is -2.70. The number of ether oxygens (including phenoxy) is 4. The number of aliphatic carboxylic acids is 4. The number of rotatable bonds is 10. The molecule has 7 aliphatic rings. The highest BCUT2D eigenvalue weighted by molar-refractivity contribution is 5.95. The van der Waals surface area contributed by atoms with E-state index in [2.05, 4.69) is 37.7 Å². The average Bonchev–Trinajstić information content (AvgIpc) is 3.78. The van der Waals surface area contributed by atoms with Gasteiger partial charge >= 0.3 is 23.9 Å². The van der Waals surface area contributed by atoms with E-state index in [9.17, 15) is 64.8 Å². The Balaban J connectivity index is 0.000000563. The van der Waals surface area contributed by atoms with E-state index in [0.717, 1.165) is 43.4 Å². The smallest absolute Gasteiger partial charge is 0.335 e. The number of carbonyl (C=O) groups is 5. The van der Waals surface area contributed by atoms with Crippen LogP contribution in [0.2, 0.25) is 0 Å². The molecule has 0 spiro atoms. The highest BCUT2D eigenvalue weighted by atomic mass is 16.8. The monoisotopic (exact) mass is 977 g/mol. The summed E-state index contributed by atoms with van der Waals surface area (Å²) in [5, 5.41) is 91.4. The summed E-state index contributed by atoms with van der Waals surface area (Å²) in [5.41, 5.74) is 4.19. The van der Waals surface area contributed by atoms with E-state index in [0.29, 0.717) is 25.7 Å². The number of ketones is 1. The number of nitrogens with zero attached hydrogens (tertiary/aromatic N) is 1. The Morgan fingerprint density at radius 1 is 0.783 bits per heavy atom. The third-order valence-corrected chi connectivity index (χ3v) is 18.5. The van der Waals surface area contributed by atoms with Crippen molar-refractivity contribution >= 4 is 29.7 Å². The van der Waals surface area contributed by atoms with Crippen LogP contribution in [0.3, 0.4) is 0 Å². The van der Waals surface area contributed by atoms with Crippen molar-refractivity contribution in [3.05, 3.63) is 29.9 Å². The molecule has 21 heteroatoms. The zero-order valence-electron chi connectivity index (χ0n) is 40.2.